The van der Waals surface area contributed by atoms with Crippen LogP contribution in [0.2, 0.25) is 0 Å². The molecule has 0 atom stereocenters. The molecule has 1 amide bonds. The first kappa shape index (κ1) is 21.3. The highest BCUT2D eigenvalue weighted by Crippen LogP contribution is 2.36. The second-order valence-corrected chi connectivity index (χ2v) is 7.64. The number of methoxy groups -OCH3 is 1. The van der Waals surface area contributed by atoms with Crippen LogP contribution in [0.1, 0.15) is 24.3 Å². The first-order valence-electron chi connectivity index (χ1n) is 10.3. The predicted octanol–water partition coefficient (Wildman–Crippen LogP) is 2.83. The van der Waals surface area contributed by atoms with Gasteiger partial charge in [0, 0.05) is 11.6 Å². The number of carbonyl (C=O) groups excluding carboxylic acids is 1. The maximum absolute atomic E-state index is 11.1. The zero-order valence-electron chi connectivity index (χ0n) is 17.7. The van der Waals surface area contributed by atoms with Crippen molar-refractivity contribution in [2.24, 2.45) is 5.73 Å². The van der Waals surface area contributed by atoms with Crippen molar-refractivity contribution in [3.05, 3.63) is 53.6 Å². The van der Waals surface area contributed by atoms with Crippen molar-refractivity contribution in [2.75, 3.05) is 32.1 Å². The number of likely N-dealkylation sites (tertiary alicyclic amines) is 1. The SMILES string of the molecule is [C-]#[N+]c1cnc(Nc2cc(-c3ccc(C4CCN(CC(N)=O)CC4)cc3OC)[nH]n2)cn1. The number of aromatic amines is 1. The highest BCUT2D eigenvalue weighted by atomic mass is 16.5. The van der Waals surface area contributed by atoms with Gasteiger partial charge in [-0.3, -0.25) is 14.8 Å². The van der Waals surface area contributed by atoms with E-state index in [2.05, 4.69) is 47.4 Å². The van der Waals surface area contributed by atoms with Gasteiger partial charge in [-0.25, -0.2) is 4.98 Å². The molecule has 0 saturated carbocycles. The minimum atomic E-state index is -0.282. The molecule has 1 aliphatic heterocycles. The Hall–Kier alpha value is -3.97. The molecule has 3 aromatic rings. The summed E-state index contributed by atoms with van der Waals surface area (Å²) in [6.45, 7) is 8.97. The lowest BCUT2D eigenvalue weighted by atomic mass is 9.88. The van der Waals surface area contributed by atoms with Gasteiger partial charge in [-0.05, 0) is 49.5 Å². The molecule has 10 nitrogen and oxygen atoms in total. The third-order valence-corrected chi connectivity index (χ3v) is 5.54. The Bertz CT molecular complexity index is 1130. The summed E-state index contributed by atoms with van der Waals surface area (Å²) in [5, 5.41) is 10.4. The molecule has 0 unspecified atom stereocenters. The molecule has 4 N–H and O–H groups in total. The molecule has 164 valence electrons. The Morgan fingerprint density at radius 1 is 1.28 bits per heavy atom. The highest BCUT2D eigenvalue weighted by Gasteiger charge is 2.22. The van der Waals surface area contributed by atoms with Crippen LogP contribution in [0.3, 0.4) is 0 Å². The summed E-state index contributed by atoms with van der Waals surface area (Å²) in [7, 11) is 1.65. The first-order chi connectivity index (χ1) is 15.6. The van der Waals surface area contributed by atoms with E-state index >= 15 is 0 Å². The number of nitrogens with one attached hydrogen (secondary N) is 2. The number of aromatic nitrogens is 4. The van der Waals surface area contributed by atoms with Crippen LogP contribution >= 0.6 is 0 Å². The number of ether oxygens (including phenoxy) is 1. The Balaban J connectivity index is 1.46. The monoisotopic (exact) mass is 432 g/mol. The third-order valence-electron chi connectivity index (χ3n) is 5.54. The van der Waals surface area contributed by atoms with Crippen molar-refractivity contribution in [1.29, 1.82) is 0 Å². The van der Waals surface area contributed by atoms with Crippen molar-refractivity contribution in [2.45, 2.75) is 18.8 Å². The first-order valence-corrected chi connectivity index (χ1v) is 10.3. The fourth-order valence-corrected chi connectivity index (χ4v) is 3.93. The molecule has 3 heterocycles. The highest BCUT2D eigenvalue weighted by molar-refractivity contribution is 5.76. The summed E-state index contributed by atoms with van der Waals surface area (Å²) in [4.78, 5) is 24.6. The average Bonchev–Trinajstić information content (AvgIpc) is 3.27. The van der Waals surface area contributed by atoms with Crippen LogP contribution in [0.25, 0.3) is 16.1 Å². The van der Waals surface area contributed by atoms with E-state index in [0.29, 0.717) is 24.1 Å². The number of benzene rings is 1. The second kappa shape index (κ2) is 9.45. The third kappa shape index (κ3) is 4.84. The van der Waals surface area contributed by atoms with Gasteiger partial charge < -0.3 is 20.6 Å². The molecule has 0 spiro atoms. The summed E-state index contributed by atoms with van der Waals surface area (Å²) in [5.74, 6) is 2.21. The quantitative estimate of drug-likeness (QED) is 0.490. The maximum Gasteiger partial charge on any atom is 0.288 e. The number of rotatable bonds is 7. The summed E-state index contributed by atoms with van der Waals surface area (Å²) in [5.41, 5.74) is 8.23. The topological polar surface area (TPSA) is 126 Å². The van der Waals surface area contributed by atoms with E-state index in [0.717, 1.165) is 42.9 Å². The molecule has 4 rings (SSSR count). The van der Waals surface area contributed by atoms with Crippen LogP contribution in [0, 0.1) is 6.57 Å². The van der Waals surface area contributed by atoms with Crippen molar-refractivity contribution < 1.29 is 9.53 Å². The molecular weight excluding hydrogens is 408 g/mol. The second-order valence-electron chi connectivity index (χ2n) is 7.64. The molecular formula is C22H24N8O2. The molecule has 1 fully saturated rings. The van der Waals surface area contributed by atoms with Gasteiger partial charge in [0.05, 0.1) is 25.5 Å². The fourth-order valence-electron chi connectivity index (χ4n) is 3.93. The largest absolute Gasteiger partial charge is 0.496 e. The summed E-state index contributed by atoms with van der Waals surface area (Å²) < 4.78 is 5.67. The van der Waals surface area contributed by atoms with Crippen LogP contribution < -0.4 is 15.8 Å². The predicted molar refractivity (Wildman–Crippen MR) is 120 cm³/mol. The number of nitrogens with zero attached hydrogens (tertiary/aromatic N) is 5. The molecule has 1 saturated heterocycles. The normalized spacial score (nSPS) is 14.6. The van der Waals surface area contributed by atoms with Gasteiger partial charge in [0.1, 0.15) is 5.75 Å². The number of hydrogen-bond acceptors (Lipinski definition) is 7. The molecule has 32 heavy (non-hydrogen) atoms. The van der Waals surface area contributed by atoms with E-state index < -0.39 is 0 Å². The van der Waals surface area contributed by atoms with Gasteiger partial charge in [-0.2, -0.15) is 5.10 Å². The van der Waals surface area contributed by atoms with Gasteiger partial charge in [-0.15, -0.1) is 4.98 Å². The minimum Gasteiger partial charge on any atom is -0.496 e. The van der Waals surface area contributed by atoms with E-state index in [1.165, 1.54) is 18.0 Å². The lowest BCUT2D eigenvalue weighted by Crippen LogP contribution is -2.39. The number of anilines is 2. The van der Waals surface area contributed by atoms with Crippen molar-refractivity contribution in [1.82, 2.24) is 25.1 Å². The van der Waals surface area contributed by atoms with Crippen molar-refractivity contribution in [3.63, 3.8) is 0 Å². The van der Waals surface area contributed by atoms with Crippen molar-refractivity contribution >= 4 is 23.4 Å². The van der Waals surface area contributed by atoms with Gasteiger partial charge in [0.2, 0.25) is 5.91 Å². The minimum absolute atomic E-state index is 0.238. The average molecular weight is 432 g/mol. The number of nitrogens with two attached hydrogens (primary N) is 1. The van der Waals surface area contributed by atoms with Crippen LogP contribution in [0.15, 0.2) is 36.7 Å². The standard InChI is InChI=1S/C22H24N8O2/c1-24-21-11-26-22(12-25-21)27-20-10-17(28-29-20)16-4-3-15(9-18(16)32-2)14-5-7-30(8-6-14)13-19(23)31/h3-4,9-12,14H,5-8,13H2,2H3,(H2,23,31)(H2,26,27,28,29). The molecule has 1 aliphatic rings. The molecule has 2 aromatic heterocycles. The van der Waals surface area contributed by atoms with Crippen LogP contribution in [0.5, 0.6) is 5.75 Å². The van der Waals surface area contributed by atoms with E-state index in [1.807, 2.05) is 12.1 Å². The summed E-state index contributed by atoms with van der Waals surface area (Å²) in [6.07, 6.45) is 4.84. The molecule has 0 radical (unpaired) electrons. The Labute approximate surface area is 185 Å². The lowest BCUT2D eigenvalue weighted by molar-refractivity contribution is -0.119. The van der Waals surface area contributed by atoms with E-state index in [4.69, 9.17) is 17.0 Å². The van der Waals surface area contributed by atoms with Crippen LogP contribution in [-0.2, 0) is 4.79 Å². The van der Waals surface area contributed by atoms with Gasteiger partial charge in [0.25, 0.3) is 5.82 Å². The summed E-state index contributed by atoms with van der Waals surface area (Å²) in [6, 6.07) is 8.09. The number of amides is 1. The number of hydrogen-bond donors (Lipinski definition) is 3. The smallest absolute Gasteiger partial charge is 0.288 e. The maximum atomic E-state index is 11.1. The fraction of sp³-hybridized carbons (Fsp3) is 0.318. The number of H-pyrrole nitrogens is 1. The Morgan fingerprint density at radius 2 is 2.09 bits per heavy atom. The lowest BCUT2D eigenvalue weighted by Gasteiger charge is -2.31. The van der Waals surface area contributed by atoms with E-state index in [-0.39, 0.29) is 11.7 Å². The summed E-state index contributed by atoms with van der Waals surface area (Å²) >= 11 is 0. The van der Waals surface area contributed by atoms with Gasteiger partial charge in [-0.1, -0.05) is 12.6 Å². The number of carbonyl (C=O) groups is 1. The van der Waals surface area contributed by atoms with Gasteiger partial charge >= 0.3 is 0 Å². The zero-order chi connectivity index (χ0) is 22.5. The molecule has 0 bridgehead atoms. The van der Waals surface area contributed by atoms with Crippen molar-refractivity contribution in [3.8, 4) is 17.0 Å². The molecule has 1 aromatic carbocycles. The van der Waals surface area contributed by atoms with Gasteiger partial charge in [0.15, 0.2) is 17.8 Å². The Morgan fingerprint density at radius 3 is 2.75 bits per heavy atom. The van der Waals surface area contributed by atoms with E-state index in [1.54, 1.807) is 7.11 Å². The number of piperidine rings is 1. The van der Waals surface area contributed by atoms with E-state index in [9.17, 15) is 4.79 Å². The van der Waals surface area contributed by atoms with Crippen LogP contribution in [-0.4, -0.2) is 57.7 Å². The Kier molecular flexibility index (Phi) is 6.28. The number of primary amides is 1. The molecule has 10 heteroatoms. The van der Waals surface area contributed by atoms with Crippen LogP contribution in [0.4, 0.5) is 17.5 Å². The zero-order valence-corrected chi connectivity index (χ0v) is 17.7. The molecule has 0 aliphatic carbocycles.